The van der Waals surface area contributed by atoms with Gasteiger partial charge in [0.15, 0.2) is 11.5 Å². The number of fused-ring (bicyclic) bond motifs is 1. The van der Waals surface area contributed by atoms with Crippen LogP contribution in [0.1, 0.15) is 5.56 Å². The molecular formula is C14H13BrN4. The smallest absolute Gasteiger partial charge is 0.168 e. The summed E-state index contributed by atoms with van der Waals surface area (Å²) in [6.45, 7) is 0.622. The van der Waals surface area contributed by atoms with Crippen LogP contribution in [0.4, 0.5) is 0 Å². The van der Waals surface area contributed by atoms with Gasteiger partial charge in [-0.3, -0.25) is 4.40 Å². The summed E-state index contributed by atoms with van der Waals surface area (Å²) in [4.78, 5) is 0. The Kier molecular flexibility index (Phi) is 3.31. The summed E-state index contributed by atoms with van der Waals surface area (Å²) in [6, 6.07) is 12.1. The highest BCUT2D eigenvalue weighted by Gasteiger charge is 2.11. The van der Waals surface area contributed by atoms with Gasteiger partial charge in [0.2, 0.25) is 0 Å². The average molecular weight is 317 g/mol. The molecule has 0 spiro atoms. The molecule has 0 fully saturated rings. The number of halogens is 1. The predicted octanol–water partition coefficient (Wildman–Crippen LogP) is 2.66. The Morgan fingerprint density at radius 3 is 2.79 bits per heavy atom. The fourth-order valence-corrected chi connectivity index (χ4v) is 2.50. The maximum atomic E-state index is 5.67. The summed E-state index contributed by atoms with van der Waals surface area (Å²) in [5.41, 5.74) is 8.78. The van der Waals surface area contributed by atoms with Crippen LogP contribution in [0.15, 0.2) is 47.1 Å². The van der Waals surface area contributed by atoms with Gasteiger partial charge in [-0.25, -0.2) is 0 Å². The molecule has 0 amide bonds. The molecular weight excluding hydrogens is 304 g/mol. The van der Waals surface area contributed by atoms with Crippen molar-refractivity contribution in [2.45, 2.75) is 6.42 Å². The molecule has 1 aromatic carbocycles. The van der Waals surface area contributed by atoms with E-state index in [2.05, 4.69) is 38.3 Å². The summed E-state index contributed by atoms with van der Waals surface area (Å²) in [6.07, 6.45) is 2.81. The van der Waals surface area contributed by atoms with Gasteiger partial charge in [-0.15, -0.1) is 10.2 Å². The van der Waals surface area contributed by atoms with Crippen LogP contribution in [0.3, 0.4) is 0 Å². The summed E-state index contributed by atoms with van der Waals surface area (Å²) in [5.74, 6) is 0.848. The first kappa shape index (κ1) is 12.3. The normalized spacial score (nSPS) is 11.1. The molecule has 2 heterocycles. The van der Waals surface area contributed by atoms with E-state index in [1.165, 1.54) is 5.56 Å². The van der Waals surface area contributed by atoms with Crippen LogP contribution < -0.4 is 5.73 Å². The van der Waals surface area contributed by atoms with E-state index in [-0.39, 0.29) is 0 Å². The third-order valence-corrected chi connectivity index (χ3v) is 3.51. The number of hydrogen-bond donors (Lipinski definition) is 1. The van der Waals surface area contributed by atoms with Crippen LogP contribution in [0.2, 0.25) is 0 Å². The van der Waals surface area contributed by atoms with Gasteiger partial charge in [-0.05, 0) is 46.6 Å². The largest absolute Gasteiger partial charge is 0.330 e. The molecule has 3 aromatic rings. The molecule has 0 atom stereocenters. The molecule has 5 heteroatoms. The first-order valence-corrected chi connectivity index (χ1v) is 6.87. The molecule has 0 saturated heterocycles. The molecule has 2 aromatic heterocycles. The van der Waals surface area contributed by atoms with Gasteiger partial charge in [0.05, 0.1) is 0 Å². The topological polar surface area (TPSA) is 56.2 Å². The van der Waals surface area contributed by atoms with E-state index >= 15 is 0 Å². The molecule has 0 bridgehead atoms. The average Bonchev–Trinajstić information content (AvgIpc) is 2.82. The lowest BCUT2D eigenvalue weighted by molar-refractivity contribution is 0.964. The van der Waals surface area contributed by atoms with Gasteiger partial charge in [0.25, 0.3) is 0 Å². The number of rotatable bonds is 3. The Balaban J connectivity index is 2.21. The summed E-state index contributed by atoms with van der Waals surface area (Å²) < 4.78 is 2.98. The van der Waals surface area contributed by atoms with Crippen molar-refractivity contribution < 1.29 is 0 Å². The number of nitrogens with two attached hydrogens (primary N) is 1. The first-order chi connectivity index (χ1) is 9.29. The Bertz CT molecular complexity index is 720. The summed E-state index contributed by atoms with van der Waals surface area (Å²) in [5, 5.41) is 8.50. The zero-order chi connectivity index (χ0) is 13.2. The molecule has 0 aliphatic carbocycles. The van der Waals surface area contributed by atoms with Crippen molar-refractivity contribution in [1.82, 2.24) is 14.6 Å². The van der Waals surface area contributed by atoms with Gasteiger partial charge in [-0.2, -0.15) is 0 Å². The fraction of sp³-hybridized carbons (Fsp3) is 0.143. The lowest BCUT2D eigenvalue weighted by Gasteiger charge is -2.07. The molecule has 0 unspecified atom stereocenters. The van der Waals surface area contributed by atoms with E-state index < -0.39 is 0 Å². The number of pyridine rings is 1. The first-order valence-electron chi connectivity index (χ1n) is 6.08. The van der Waals surface area contributed by atoms with Crippen LogP contribution in [0.5, 0.6) is 0 Å². The van der Waals surface area contributed by atoms with E-state index in [1.54, 1.807) is 0 Å². The zero-order valence-electron chi connectivity index (χ0n) is 10.3. The Morgan fingerprint density at radius 2 is 1.95 bits per heavy atom. The van der Waals surface area contributed by atoms with E-state index in [0.717, 1.165) is 27.9 Å². The molecule has 19 heavy (non-hydrogen) atoms. The van der Waals surface area contributed by atoms with Crippen molar-refractivity contribution in [3.63, 3.8) is 0 Å². The predicted molar refractivity (Wildman–Crippen MR) is 78.9 cm³/mol. The van der Waals surface area contributed by atoms with E-state index in [1.807, 2.05) is 34.9 Å². The lowest BCUT2D eigenvalue weighted by Crippen LogP contribution is -2.04. The van der Waals surface area contributed by atoms with E-state index in [0.29, 0.717) is 6.54 Å². The molecule has 2 N–H and O–H groups in total. The van der Waals surface area contributed by atoms with E-state index in [4.69, 9.17) is 5.73 Å². The molecule has 0 saturated carbocycles. The van der Waals surface area contributed by atoms with Crippen molar-refractivity contribution in [2.24, 2.45) is 5.73 Å². The second-order valence-corrected chi connectivity index (χ2v) is 5.21. The van der Waals surface area contributed by atoms with Gasteiger partial charge < -0.3 is 5.73 Å². The number of benzene rings is 1. The quantitative estimate of drug-likeness (QED) is 0.808. The molecule has 0 aliphatic rings. The molecule has 0 aliphatic heterocycles. The monoisotopic (exact) mass is 316 g/mol. The van der Waals surface area contributed by atoms with Gasteiger partial charge in [-0.1, -0.05) is 24.3 Å². The third-order valence-electron chi connectivity index (χ3n) is 3.04. The fourth-order valence-electron chi connectivity index (χ4n) is 2.16. The minimum Gasteiger partial charge on any atom is -0.330 e. The third kappa shape index (κ3) is 2.27. The highest BCUT2D eigenvalue weighted by Crippen LogP contribution is 2.24. The minimum absolute atomic E-state index is 0.622. The highest BCUT2D eigenvalue weighted by molar-refractivity contribution is 9.10. The lowest BCUT2D eigenvalue weighted by atomic mass is 10.0. The number of aromatic nitrogens is 3. The van der Waals surface area contributed by atoms with Crippen LogP contribution in [0, 0.1) is 0 Å². The van der Waals surface area contributed by atoms with Crippen molar-refractivity contribution in [1.29, 1.82) is 0 Å². The van der Waals surface area contributed by atoms with Crippen LogP contribution in [-0.4, -0.2) is 21.1 Å². The summed E-state index contributed by atoms with van der Waals surface area (Å²) in [7, 11) is 0. The molecule has 4 nitrogen and oxygen atoms in total. The van der Waals surface area contributed by atoms with Crippen molar-refractivity contribution in [2.75, 3.05) is 6.54 Å². The molecule has 0 radical (unpaired) electrons. The van der Waals surface area contributed by atoms with Crippen molar-refractivity contribution in [3.8, 4) is 11.4 Å². The second-order valence-electron chi connectivity index (χ2n) is 4.29. The van der Waals surface area contributed by atoms with Gasteiger partial charge in [0.1, 0.15) is 0 Å². The number of hydrogen-bond acceptors (Lipinski definition) is 3. The van der Waals surface area contributed by atoms with Crippen LogP contribution >= 0.6 is 15.9 Å². The van der Waals surface area contributed by atoms with Gasteiger partial charge in [0, 0.05) is 16.2 Å². The maximum absolute atomic E-state index is 5.67. The minimum atomic E-state index is 0.622. The summed E-state index contributed by atoms with van der Waals surface area (Å²) >= 11 is 3.48. The Morgan fingerprint density at radius 1 is 1.11 bits per heavy atom. The molecule has 96 valence electrons. The standard InChI is InChI=1S/C14H13BrN4/c15-11-5-6-13-17-18-14(19(13)9-11)12-4-2-1-3-10(12)7-8-16/h1-6,9H,7-8,16H2. The van der Waals surface area contributed by atoms with Crippen molar-refractivity contribution in [3.05, 3.63) is 52.6 Å². The van der Waals surface area contributed by atoms with Crippen LogP contribution in [0.25, 0.3) is 17.0 Å². The molecule has 3 rings (SSSR count). The zero-order valence-corrected chi connectivity index (χ0v) is 11.8. The van der Waals surface area contributed by atoms with Gasteiger partial charge >= 0.3 is 0 Å². The van der Waals surface area contributed by atoms with Crippen molar-refractivity contribution >= 4 is 21.6 Å². The second kappa shape index (κ2) is 5.11. The number of nitrogens with zero attached hydrogens (tertiary/aromatic N) is 3. The SMILES string of the molecule is NCCc1ccccc1-c1nnc2ccc(Br)cn12. The maximum Gasteiger partial charge on any atom is 0.168 e. The Labute approximate surface area is 119 Å². The Hall–Kier alpha value is -1.72. The highest BCUT2D eigenvalue weighted by atomic mass is 79.9. The van der Waals surface area contributed by atoms with E-state index in [9.17, 15) is 0 Å². The van der Waals surface area contributed by atoms with Crippen LogP contribution in [-0.2, 0) is 6.42 Å².